The third kappa shape index (κ3) is 3.30. The van der Waals surface area contributed by atoms with E-state index in [9.17, 15) is 13.2 Å². The zero-order chi connectivity index (χ0) is 14.8. The summed E-state index contributed by atoms with van der Waals surface area (Å²) in [5, 5.41) is 2.57. The first-order chi connectivity index (χ1) is 9.44. The summed E-state index contributed by atoms with van der Waals surface area (Å²) in [5.41, 5.74) is -0.929. The van der Waals surface area contributed by atoms with Crippen LogP contribution in [0.25, 0.3) is 0 Å². The van der Waals surface area contributed by atoms with Crippen molar-refractivity contribution in [3.63, 3.8) is 0 Å². The number of halogens is 3. The van der Waals surface area contributed by atoms with Crippen molar-refractivity contribution in [3.8, 4) is 0 Å². The fourth-order valence-electron chi connectivity index (χ4n) is 2.27. The Labute approximate surface area is 115 Å². The molecule has 0 aliphatic carbocycles. The molecule has 1 aromatic rings. The minimum absolute atomic E-state index is 0.0231. The predicted molar refractivity (Wildman–Crippen MR) is 68.8 cm³/mol. The maximum Gasteiger partial charge on any atom is 0.433 e. The van der Waals surface area contributed by atoms with Crippen LogP contribution < -0.4 is 10.2 Å². The standard InChI is InChI=1S/C12H17F3N4O/c1-16-11-17-9(12(13,14)15)5-10(18-11)19-4-3-8(6-19)7-20-2/h5,8H,3-4,6-7H2,1-2H3,(H,16,17,18). The molecule has 1 N–H and O–H groups in total. The molecule has 1 aliphatic heterocycles. The van der Waals surface area contributed by atoms with E-state index in [4.69, 9.17) is 4.74 Å². The molecule has 0 aromatic carbocycles. The van der Waals surface area contributed by atoms with Gasteiger partial charge in [-0.1, -0.05) is 0 Å². The first-order valence-electron chi connectivity index (χ1n) is 6.32. The highest BCUT2D eigenvalue weighted by Crippen LogP contribution is 2.32. The summed E-state index contributed by atoms with van der Waals surface area (Å²) < 4.78 is 43.5. The van der Waals surface area contributed by atoms with Gasteiger partial charge in [-0.3, -0.25) is 0 Å². The average Bonchev–Trinajstić information content (AvgIpc) is 2.86. The number of rotatable bonds is 4. The number of hydrogen-bond acceptors (Lipinski definition) is 5. The third-order valence-corrected chi connectivity index (χ3v) is 3.24. The van der Waals surface area contributed by atoms with E-state index in [0.29, 0.717) is 31.4 Å². The van der Waals surface area contributed by atoms with Gasteiger partial charge in [0.1, 0.15) is 5.82 Å². The van der Waals surface area contributed by atoms with Crippen LogP contribution in [0.3, 0.4) is 0 Å². The maximum absolute atomic E-state index is 12.8. The zero-order valence-electron chi connectivity index (χ0n) is 11.4. The van der Waals surface area contributed by atoms with Crippen molar-refractivity contribution in [2.24, 2.45) is 5.92 Å². The molecule has 2 rings (SSSR count). The fourth-order valence-corrected chi connectivity index (χ4v) is 2.27. The summed E-state index contributed by atoms with van der Waals surface area (Å²) in [6.07, 6.45) is -3.59. The SMILES string of the molecule is CNc1nc(N2CCC(COC)C2)cc(C(F)(F)F)n1. The normalized spacial score (nSPS) is 19.4. The zero-order valence-corrected chi connectivity index (χ0v) is 11.4. The molecule has 0 radical (unpaired) electrons. The molecule has 5 nitrogen and oxygen atoms in total. The smallest absolute Gasteiger partial charge is 0.384 e. The quantitative estimate of drug-likeness (QED) is 0.919. The molecule has 20 heavy (non-hydrogen) atoms. The molecule has 1 atom stereocenters. The monoisotopic (exact) mass is 290 g/mol. The second-order valence-electron chi connectivity index (χ2n) is 4.74. The van der Waals surface area contributed by atoms with Crippen molar-refractivity contribution in [1.82, 2.24) is 9.97 Å². The first-order valence-corrected chi connectivity index (χ1v) is 6.32. The molecule has 112 valence electrons. The van der Waals surface area contributed by atoms with Crippen LogP contribution >= 0.6 is 0 Å². The number of hydrogen-bond donors (Lipinski definition) is 1. The van der Waals surface area contributed by atoms with Crippen LogP contribution in [0.4, 0.5) is 24.9 Å². The first kappa shape index (κ1) is 14.8. The molecular weight excluding hydrogens is 273 g/mol. The maximum atomic E-state index is 12.8. The molecule has 0 amide bonds. The van der Waals surface area contributed by atoms with Crippen LogP contribution in [-0.4, -0.2) is 43.8 Å². The topological polar surface area (TPSA) is 50.3 Å². The van der Waals surface area contributed by atoms with E-state index in [1.165, 1.54) is 7.05 Å². The summed E-state index contributed by atoms with van der Waals surface area (Å²) in [4.78, 5) is 9.39. The van der Waals surface area contributed by atoms with E-state index in [2.05, 4.69) is 15.3 Å². The highest BCUT2D eigenvalue weighted by Gasteiger charge is 2.35. The van der Waals surface area contributed by atoms with Crippen LogP contribution in [0, 0.1) is 5.92 Å². The van der Waals surface area contributed by atoms with Crippen molar-refractivity contribution in [2.75, 3.05) is 44.1 Å². The van der Waals surface area contributed by atoms with Gasteiger partial charge < -0.3 is 15.0 Å². The molecule has 1 saturated heterocycles. The van der Waals surface area contributed by atoms with Gasteiger partial charge in [-0.15, -0.1) is 0 Å². The van der Waals surface area contributed by atoms with E-state index < -0.39 is 11.9 Å². The van der Waals surface area contributed by atoms with Gasteiger partial charge in [-0.25, -0.2) is 4.98 Å². The highest BCUT2D eigenvalue weighted by atomic mass is 19.4. The van der Waals surface area contributed by atoms with Crippen LogP contribution in [0.5, 0.6) is 0 Å². The van der Waals surface area contributed by atoms with Crippen LogP contribution in [-0.2, 0) is 10.9 Å². The van der Waals surface area contributed by atoms with Crippen molar-refractivity contribution < 1.29 is 17.9 Å². The summed E-state index contributed by atoms with van der Waals surface area (Å²) >= 11 is 0. The summed E-state index contributed by atoms with van der Waals surface area (Å²) in [6, 6.07) is 0.996. The third-order valence-electron chi connectivity index (χ3n) is 3.24. The van der Waals surface area contributed by atoms with Gasteiger partial charge in [0.25, 0.3) is 0 Å². The van der Waals surface area contributed by atoms with E-state index in [0.717, 1.165) is 12.5 Å². The second-order valence-corrected chi connectivity index (χ2v) is 4.74. The second kappa shape index (κ2) is 5.82. The number of methoxy groups -OCH3 is 1. The van der Waals surface area contributed by atoms with E-state index in [1.807, 2.05) is 4.90 Å². The molecule has 0 spiro atoms. The van der Waals surface area contributed by atoms with E-state index >= 15 is 0 Å². The minimum atomic E-state index is -4.48. The van der Waals surface area contributed by atoms with Crippen molar-refractivity contribution in [2.45, 2.75) is 12.6 Å². The van der Waals surface area contributed by atoms with Crippen LogP contribution in [0.1, 0.15) is 12.1 Å². The van der Waals surface area contributed by atoms with Crippen molar-refractivity contribution in [1.29, 1.82) is 0 Å². The molecule has 2 heterocycles. The Kier molecular flexibility index (Phi) is 4.32. The van der Waals surface area contributed by atoms with Crippen molar-refractivity contribution >= 4 is 11.8 Å². The Morgan fingerprint density at radius 2 is 2.20 bits per heavy atom. The van der Waals surface area contributed by atoms with E-state index in [1.54, 1.807) is 7.11 Å². The Morgan fingerprint density at radius 1 is 1.45 bits per heavy atom. The Morgan fingerprint density at radius 3 is 2.80 bits per heavy atom. The Balaban J connectivity index is 2.23. The molecular formula is C12H17F3N4O. The molecule has 8 heteroatoms. The highest BCUT2D eigenvalue weighted by molar-refractivity contribution is 5.46. The lowest BCUT2D eigenvalue weighted by Gasteiger charge is -2.19. The Hall–Kier alpha value is -1.57. The minimum Gasteiger partial charge on any atom is -0.384 e. The largest absolute Gasteiger partial charge is 0.433 e. The van der Waals surface area contributed by atoms with Crippen LogP contribution in [0.15, 0.2) is 6.07 Å². The van der Waals surface area contributed by atoms with Gasteiger partial charge in [0, 0.05) is 39.2 Å². The summed E-state index contributed by atoms with van der Waals surface area (Å²) in [5.74, 6) is 0.600. The molecule has 1 aliphatic rings. The molecule has 1 fully saturated rings. The molecule has 0 bridgehead atoms. The number of nitrogens with zero attached hydrogens (tertiary/aromatic N) is 3. The van der Waals surface area contributed by atoms with Gasteiger partial charge >= 0.3 is 6.18 Å². The molecule has 0 saturated carbocycles. The predicted octanol–water partition coefficient (Wildman–Crippen LogP) is 2.01. The van der Waals surface area contributed by atoms with Crippen molar-refractivity contribution in [3.05, 3.63) is 11.8 Å². The van der Waals surface area contributed by atoms with Gasteiger partial charge in [-0.05, 0) is 6.42 Å². The van der Waals surface area contributed by atoms with Gasteiger partial charge in [0.2, 0.25) is 5.95 Å². The lowest BCUT2D eigenvalue weighted by atomic mass is 10.1. The number of aromatic nitrogens is 2. The number of anilines is 2. The summed E-state index contributed by atoms with van der Waals surface area (Å²) in [7, 11) is 3.12. The van der Waals surface area contributed by atoms with Gasteiger partial charge in [0.15, 0.2) is 5.69 Å². The lowest BCUT2D eigenvalue weighted by molar-refractivity contribution is -0.141. The fraction of sp³-hybridized carbons (Fsp3) is 0.667. The number of nitrogens with one attached hydrogen (secondary N) is 1. The van der Waals surface area contributed by atoms with Gasteiger partial charge in [0.05, 0.1) is 6.61 Å². The molecule has 1 aromatic heterocycles. The lowest BCUT2D eigenvalue weighted by Crippen LogP contribution is -2.23. The molecule has 1 unspecified atom stereocenters. The number of ether oxygens (including phenoxy) is 1. The van der Waals surface area contributed by atoms with Gasteiger partial charge in [-0.2, -0.15) is 18.2 Å². The van der Waals surface area contributed by atoms with Crippen LogP contribution in [0.2, 0.25) is 0 Å². The summed E-state index contributed by atoms with van der Waals surface area (Å²) in [6.45, 7) is 1.92. The average molecular weight is 290 g/mol. The van der Waals surface area contributed by atoms with E-state index in [-0.39, 0.29) is 5.95 Å². The number of alkyl halides is 3. The Bertz CT molecular complexity index is 467.